The van der Waals surface area contributed by atoms with Gasteiger partial charge in [0.1, 0.15) is 11.1 Å². The number of fused-ring (bicyclic) bond motifs is 1. The summed E-state index contributed by atoms with van der Waals surface area (Å²) in [6.07, 6.45) is 0.806. The van der Waals surface area contributed by atoms with Crippen LogP contribution < -0.4 is 16.3 Å². The van der Waals surface area contributed by atoms with Gasteiger partial charge in [-0.2, -0.15) is 0 Å². The van der Waals surface area contributed by atoms with E-state index < -0.39 is 5.63 Å². The molecule has 2 rings (SSSR count). The minimum atomic E-state index is -0.590. The molecule has 0 saturated carbocycles. The highest BCUT2D eigenvalue weighted by Gasteiger charge is 2.17. The molecule has 0 aliphatic heterocycles. The molecule has 0 saturated heterocycles. The lowest BCUT2D eigenvalue weighted by atomic mass is 10.1. The summed E-state index contributed by atoms with van der Waals surface area (Å²) in [5, 5.41) is 6.52. The molecule has 0 fully saturated rings. The Labute approximate surface area is 117 Å². The zero-order valence-corrected chi connectivity index (χ0v) is 11.7. The molecule has 2 N–H and O–H groups in total. The Morgan fingerprint density at radius 1 is 1.25 bits per heavy atom. The monoisotopic (exact) mass is 274 g/mol. The van der Waals surface area contributed by atoms with Gasteiger partial charge in [-0.25, -0.2) is 4.79 Å². The van der Waals surface area contributed by atoms with Crippen LogP contribution in [0.15, 0.2) is 33.5 Å². The van der Waals surface area contributed by atoms with Crippen molar-refractivity contribution in [2.75, 3.05) is 20.1 Å². The molecule has 1 aromatic heterocycles. The molecule has 5 heteroatoms. The molecule has 2 aromatic rings. The van der Waals surface area contributed by atoms with Gasteiger partial charge in [0.15, 0.2) is 0 Å². The van der Waals surface area contributed by atoms with E-state index in [4.69, 9.17) is 4.42 Å². The van der Waals surface area contributed by atoms with Crippen molar-refractivity contribution in [2.24, 2.45) is 0 Å². The Morgan fingerprint density at radius 2 is 2.00 bits per heavy atom. The van der Waals surface area contributed by atoms with Gasteiger partial charge in [0.2, 0.25) is 0 Å². The minimum absolute atomic E-state index is 0.0909. The predicted molar refractivity (Wildman–Crippen MR) is 78.1 cm³/mol. The summed E-state index contributed by atoms with van der Waals surface area (Å²) in [7, 11) is 1.85. The van der Waals surface area contributed by atoms with Crippen LogP contribution in [0.5, 0.6) is 0 Å². The number of benzene rings is 1. The number of hydrogen-bond donors (Lipinski definition) is 2. The van der Waals surface area contributed by atoms with Gasteiger partial charge in [-0.05, 0) is 38.6 Å². The fourth-order valence-corrected chi connectivity index (χ4v) is 2.12. The van der Waals surface area contributed by atoms with Crippen LogP contribution in [0.2, 0.25) is 0 Å². The van der Waals surface area contributed by atoms with Crippen molar-refractivity contribution in [2.45, 2.75) is 13.3 Å². The van der Waals surface area contributed by atoms with Gasteiger partial charge in [-0.1, -0.05) is 18.2 Å². The first-order valence-electron chi connectivity index (χ1n) is 6.60. The number of carbonyl (C=O) groups is 1. The van der Waals surface area contributed by atoms with Crippen molar-refractivity contribution in [3.63, 3.8) is 0 Å². The van der Waals surface area contributed by atoms with E-state index in [-0.39, 0.29) is 11.5 Å². The molecule has 20 heavy (non-hydrogen) atoms. The van der Waals surface area contributed by atoms with Gasteiger partial charge in [-0.15, -0.1) is 0 Å². The van der Waals surface area contributed by atoms with Crippen molar-refractivity contribution in [3.05, 3.63) is 45.8 Å². The molecule has 1 amide bonds. The van der Waals surface area contributed by atoms with E-state index in [0.29, 0.717) is 17.7 Å². The molecule has 1 heterocycles. The second kappa shape index (κ2) is 6.34. The Kier molecular flexibility index (Phi) is 4.53. The average molecular weight is 274 g/mol. The molecule has 0 aliphatic rings. The third-order valence-electron chi connectivity index (χ3n) is 3.19. The van der Waals surface area contributed by atoms with E-state index in [1.165, 1.54) is 0 Å². The van der Waals surface area contributed by atoms with Crippen LogP contribution in [0.4, 0.5) is 0 Å². The first-order chi connectivity index (χ1) is 9.65. The highest BCUT2D eigenvalue weighted by molar-refractivity contribution is 5.99. The fraction of sp³-hybridized carbons (Fsp3) is 0.333. The summed E-state index contributed by atoms with van der Waals surface area (Å²) < 4.78 is 5.19. The number of nitrogens with one attached hydrogen (secondary N) is 2. The van der Waals surface area contributed by atoms with Crippen molar-refractivity contribution in [1.82, 2.24) is 10.6 Å². The van der Waals surface area contributed by atoms with Crippen LogP contribution in [0, 0.1) is 6.92 Å². The highest BCUT2D eigenvalue weighted by Crippen LogP contribution is 2.18. The molecule has 0 aliphatic carbocycles. The van der Waals surface area contributed by atoms with Crippen LogP contribution in [-0.2, 0) is 0 Å². The summed E-state index contributed by atoms with van der Waals surface area (Å²) in [6.45, 7) is 3.10. The number of aryl methyl sites for hydroxylation is 1. The second-order valence-electron chi connectivity index (χ2n) is 4.60. The van der Waals surface area contributed by atoms with Crippen molar-refractivity contribution in [3.8, 4) is 0 Å². The SMILES string of the molecule is CNCCCNC(=O)c1c(C)c2ccccc2oc1=O. The number of para-hydroxylation sites is 1. The van der Waals surface area contributed by atoms with Gasteiger partial charge in [-0.3, -0.25) is 4.79 Å². The molecule has 0 radical (unpaired) electrons. The van der Waals surface area contributed by atoms with E-state index in [9.17, 15) is 9.59 Å². The van der Waals surface area contributed by atoms with E-state index in [2.05, 4.69) is 10.6 Å². The third-order valence-corrected chi connectivity index (χ3v) is 3.19. The molecule has 0 unspecified atom stereocenters. The Balaban J connectivity index is 2.29. The standard InChI is InChI=1S/C15H18N2O3/c1-10-11-6-3-4-7-12(11)20-15(19)13(10)14(18)17-9-5-8-16-2/h3-4,6-7,16H,5,8-9H2,1-2H3,(H,17,18). The first kappa shape index (κ1) is 14.3. The number of amides is 1. The molecule has 0 bridgehead atoms. The number of rotatable bonds is 5. The maximum atomic E-state index is 12.1. The summed E-state index contributed by atoms with van der Waals surface area (Å²) in [4.78, 5) is 24.0. The van der Waals surface area contributed by atoms with Gasteiger partial charge >= 0.3 is 5.63 Å². The molecule has 1 aromatic carbocycles. The van der Waals surface area contributed by atoms with E-state index >= 15 is 0 Å². The van der Waals surface area contributed by atoms with Gasteiger partial charge in [0.25, 0.3) is 5.91 Å². The Hall–Kier alpha value is -2.14. The lowest BCUT2D eigenvalue weighted by Crippen LogP contribution is -2.31. The normalized spacial score (nSPS) is 10.7. The van der Waals surface area contributed by atoms with Gasteiger partial charge in [0, 0.05) is 11.9 Å². The molecular formula is C15H18N2O3. The van der Waals surface area contributed by atoms with Crippen molar-refractivity contribution in [1.29, 1.82) is 0 Å². The lowest BCUT2D eigenvalue weighted by molar-refractivity contribution is 0.0949. The predicted octanol–water partition coefficient (Wildman–Crippen LogP) is 1.44. The van der Waals surface area contributed by atoms with Crippen LogP contribution in [0.1, 0.15) is 22.3 Å². The molecule has 5 nitrogen and oxygen atoms in total. The quantitative estimate of drug-likeness (QED) is 0.639. The molecular weight excluding hydrogens is 256 g/mol. The zero-order chi connectivity index (χ0) is 14.5. The maximum Gasteiger partial charge on any atom is 0.349 e. The van der Waals surface area contributed by atoms with Crippen LogP contribution >= 0.6 is 0 Å². The summed E-state index contributed by atoms with van der Waals surface area (Å²) in [5.41, 5.74) is 0.658. The summed E-state index contributed by atoms with van der Waals surface area (Å²) >= 11 is 0. The Bertz CT molecular complexity index is 676. The third kappa shape index (κ3) is 2.88. The average Bonchev–Trinajstić information content (AvgIpc) is 2.43. The smallest absolute Gasteiger partial charge is 0.349 e. The van der Waals surface area contributed by atoms with E-state index in [0.717, 1.165) is 18.4 Å². The van der Waals surface area contributed by atoms with E-state index in [1.807, 2.05) is 19.2 Å². The second-order valence-corrected chi connectivity index (χ2v) is 4.60. The van der Waals surface area contributed by atoms with Gasteiger partial charge < -0.3 is 15.1 Å². The number of carbonyl (C=O) groups excluding carboxylic acids is 1. The van der Waals surface area contributed by atoms with E-state index in [1.54, 1.807) is 19.1 Å². The topological polar surface area (TPSA) is 71.3 Å². The van der Waals surface area contributed by atoms with Gasteiger partial charge in [0.05, 0.1) is 0 Å². The minimum Gasteiger partial charge on any atom is -0.422 e. The molecule has 0 atom stereocenters. The summed E-state index contributed by atoms with van der Waals surface area (Å²) in [5.74, 6) is -0.377. The summed E-state index contributed by atoms with van der Waals surface area (Å²) in [6, 6.07) is 7.20. The highest BCUT2D eigenvalue weighted by atomic mass is 16.4. The lowest BCUT2D eigenvalue weighted by Gasteiger charge is -2.08. The first-order valence-corrected chi connectivity index (χ1v) is 6.60. The maximum absolute atomic E-state index is 12.1. The van der Waals surface area contributed by atoms with Crippen molar-refractivity contribution < 1.29 is 9.21 Å². The largest absolute Gasteiger partial charge is 0.422 e. The van der Waals surface area contributed by atoms with Crippen molar-refractivity contribution >= 4 is 16.9 Å². The fourth-order valence-electron chi connectivity index (χ4n) is 2.12. The Morgan fingerprint density at radius 3 is 2.75 bits per heavy atom. The van der Waals surface area contributed by atoms with Crippen LogP contribution in [0.25, 0.3) is 11.0 Å². The van der Waals surface area contributed by atoms with Crippen LogP contribution in [-0.4, -0.2) is 26.0 Å². The molecule has 0 spiro atoms. The number of hydrogen-bond acceptors (Lipinski definition) is 4. The van der Waals surface area contributed by atoms with Crippen LogP contribution in [0.3, 0.4) is 0 Å². The molecule has 106 valence electrons. The zero-order valence-electron chi connectivity index (χ0n) is 11.7.